The maximum Gasteiger partial charge on any atom is 0.275 e. The molecule has 1 amide bonds. The number of β-amino-alcohol motifs (C(OH)–C–C–N with tert-alkyl or cyclic N) is 1. The average molecular weight is 325 g/mol. The Morgan fingerprint density at radius 2 is 1.96 bits per heavy atom. The van der Waals surface area contributed by atoms with Crippen molar-refractivity contribution in [1.29, 1.82) is 0 Å². The van der Waals surface area contributed by atoms with E-state index in [1.165, 1.54) is 12.1 Å². The molecule has 0 bridgehead atoms. The van der Waals surface area contributed by atoms with Gasteiger partial charge in [0.1, 0.15) is 5.82 Å². The molecule has 4 rings (SSSR count). The van der Waals surface area contributed by atoms with E-state index >= 15 is 0 Å². The van der Waals surface area contributed by atoms with E-state index in [4.69, 9.17) is 0 Å². The van der Waals surface area contributed by atoms with E-state index in [2.05, 4.69) is 10.2 Å². The molecule has 122 valence electrons. The number of halogens is 1. The van der Waals surface area contributed by atoms with Crippen LogP contribution in [0.15, 0.2) is 48.5 Å². The highest BCUT2D eigenvalue weighted by Crippen LogP contribution is 2.34. The number of aromatic nitrogens is 2. The largest absolute Gasteiger partial charge is 0.391 e. The number of hydrogen-bond donors (Lipinski definition) is 2. The van der Waals surface area contributed by atoms with Crippen LogP contribution < -0.4 is 0 Å². The number of aliphatic hydroxyl groups excluding tert-OH is 1. The van der Waals surface area contributed by atoms with Crippen LogP contribution >= 0.6 is 0 Å². The van der Waals surface area contributed by atoms with Gasteiger partial charge in [0.25, 0.3) is 5.91 Å². The smallest absolute Gasteiger partial charge is 0.275 e. The van der Waals surface area contributed by atoms with Crippen LogP contribution in [0.2, 0.25) is 0 Å². The van der Waals surface area contributed by atoms with E-state index in [9.17, 15) is 14.3 Å². The van der Waals surface area contributed by atoms with Gasteiger partial charge in [0.2, 0.25) is 0 Å². The highest BCUT2D eigenvalue weighted by Gasteiger charge is 2.37. The van der Waals surface area contributed by atoms with Gasteiger partial charge in [0, 0.05) is 11.9 Å². The predicted molar refractivity (Wildman–Crippen MR) is 86.9 cm³/mol. The van der Waals surface area contributed by atoms with Gasteiger partial charge in [-0.15, -0.1) is 0 Å². The molecule has 0 saturated carbocycles. The highest BCUT2D eigenvalue weighted by atomic mass is 19.1. The quantitative estimate of drug-likeness (QED) is 0.761. The first-order chi connectivity index (χ1) is 11.6. The number of hydrogen-bond acceptors (Lipinski definition) is 3. The van der Waals surface area contributed by atoms with Gasteiger partial charge >= 0.3 is 0 Å². The third kappa shape index (κ3) is 2.45. The number of carbonyl (C=O) groups excluding carboxylic acids is 1. The number of nitrogens with one attached hydrogen (secondary N) is 1. The van der Waals surface area contributed by atoms with Gasteiger partial charge in [-0.2, -0.15) is 5.10 Å². The minimum Gasteiger partial charge on any atom is -0.391 e. The molecule has 0 unspecified atom stereocenters. The molecule has 1 saturated heterocycles. The standard InChI is InChI=1S/C18H16FN3O2/c19-12-7-5-11(6-8-12)16-9-13(23)10-22(16)18(24)17-14-3-1-2-4-15(14)20-21-17/h1-8,13,16,23H,9-10H2,(H,20,21)/t13-,16-/m1/s1. The number of fused-ring (bicyclic) bond motifs is 1. The summed E-state index contributed by atoms with van der Waals surface area (Å²) in [5.74, 6) is -0.563. The Kier molecular flexibility index (Phi) is 3.54. The molecule has 1 aliphatic heterocycles. The molecular formula is C18H16FN3O2. The molecule has 1 aromatic heterocycles. The van der Waals surface area contributed by atoms with Crippen LogP contribution in [0, 0.1) is 5.82 Å². The molecule has 6 heteroatoms. The fourth-order valence-electron chi connectivity index (χ4n) is 3.30. The number of H-pyrrole nitrogens is 1. The lowest BCUT2D eigenvalue weighted by molar-refractivity contribution is 0.0711. The molecule has 1 aliphatic rings. The number of benzene rings is 2. The van der Waals surface area contributed by atoms with E-state index in [0.717, 1.165) is 16.5 Å². The zero-order valence-corrected chi connectivity index (χ0v) is 12.8. The normalized spacial score (nSPS) is 20.7. The van der Waals surface area contributed by atoms with Gasteiger partial charge in [0.05, 0.1) is 17.7 Å². The van der Waals surface area contributed by atoms with Gasteiger partial charge in [-0.1, -0.05) is 30.3 Å². The van der Waals surface area contributed by atoms with Gasteiger partial charge in [-0.3, -0.25) is 9.89 Å². The number of rotatable bonds is 2. The molecule has 2 aromatic carbocycles. The van der Waals surface area contributed by atoms with Crippen LogP contribution in [0.3, 0.4) is 0 Å². The molecule has 24 heavy (non-hydrogen) atoms. The summed E-state index contributed by atoms with van der Waals surface area (Å²) >= 11 is 0. The second-order valence-corrected chi connectivity index (χ2v) is 6.03. The summed E-state index contributed by atoms with van der Waals surface area (Å²) in [4.78, 5) is 14.6. The number of carbonyl (C=O) groups is 1. The predicted octanol–water partition coefficient (Wildman–Crippen LogP) is 2.65. The van der Waals surface area contributed by atoms with Gasteiger partial charge in [0.15, 0.2) is 5.69 Å². The Balaban J connectivity index is 1.70. The zero-order chi connectivity index (χ0) is 16.7. The summed E-state index contributed by atoms with van der Waals surface area (Å²) < 4.78 is 13.2. The number of amides is 1. The van der Waals surface area contributed by atoms with E-state index in [0.29, 0.717) is 12.1 Å². The summed E-state index contributed by atoms with van der Waals surface area (Å²) in [6, 6.07) is 13.2. The Bertz CT molecular complexity index is 891. The molecule has 3 aromatic rings. The average Bonchev–Trinajstić information content (AvgIpc) is 3.19. The van der Waals surface area contributed by atoms with Crippen molar-refractivity contribution in [2.45, 2.75) is 18.6 Å². The van der Waals surface area contributed by atoms with Crippen LogP contribution in [0.25, 0.3) is 10.9 Å². The second-order valence-electron chi connectivity index (χ2n) is 6.03. The van der Waals surface area contributed by atoms with E-state index < -0.39 is 6.10 Å². The highest BCUT2D eigenvalue weighted by molar-refractivity contribution is 6.04. The van der Waals surface area contributed by atoms with Gasteiger partial charge in [-0.25, -0.2) is 4.39 Å². The van der Waals surface area contributed by atoms with Crippen molar-refractivity contribution in [3.8, 4) is 0 Å². The lowest BCUT2D eigenvalue weighted by Crippen LogP contribution is -2.32. The fourth-order valence-corrected chi connectivity index (χ4v) is 3.30. The Morgan fingerprint density at radius 1 is 1.21 bits per heavy atom. The number of aliphatic hydroxyl groups is 1. The van der Waals surface area contributed by atoms with Crippen molar-refractivity contribution in [2.75, 3.05) is 6.54 Å². The molecule has 1 fully saturated rings. The molecule has 2 atom stereocenters. The molecule has 2 heterocycles. The molecular weight excluding hydrogens is 309 g/mol. The fraction of sp³-hybridized carbons (Fsp3) is 0.222. The molecule has 0 radical (unpaired) electrons. The number of likely N-dealkylation sites (tertiary alicyclic amines) is 1. The Hall–Kier alpha value is -2.73. The van der Waals surface area contributed by atoms with Crippen molar-refractivity contribution < 1.29 is 14.3 Å². The third-order valence-corrected chi connectivity index (χ3v) is 4.47. The summed E-state index contributed by atoms with van der Waals surface area (Å²) in [7, 11) is 0. The van der Waals surface area contributed by atoms with Crippen molar-refractivity contribution in [3.63, 3.8) is 0 Å². The van der Waals surface area contributed by atoms with Crippen molar-refractivity contribution in [2.24, 2.45) is 0 Å². The van der Waals surface area contributed by atoms with Crippen molar-refractivity contribution in [1.82, 2.24) is 15.1 Å². The summed E-state index contributed by atoms with van der Waals surface area (Å²) in [6.07, 6.45) is -0.172. The topological polar surface area (TPSA) is 69.2 Å². The Morgan fingerprint density at radius 3 is 2.75 bits per heavy atom. The van der Waals surface area contributed by atoms with Crippen molar-refractivity contribution in [3.05, 3.63) is 65.6 Å². The maximum atomic E-state index is 13.2. The SMILES string of the molecule is O=C(c1n[nH]c2ccccc12)N1C[C@H](O)C[C@@H]1c1ccc(F)cc1. The first kappa shape index (κ1) is 14.8. The zero-order valence-electron chi connectivity index (χ0n) is 12.8. The minimum atomic E-state index is -0.603. The minimum absolute atomic E-state index is 0.238. The molecule has 0 aliphatic carbocycles. The van der Waals surface area contributed by atoms with Crippen LogP contribution in [0.4, 0.5) is 4.39 Å². The first-order valence-electron chi connectivity index (χ1n) is 7.81. The molecule has 5 nitrogen and oxygen atoms in total. The van der Waals surface area contributed by atoms with E-state index in [1.54, 1.807) is 17.0 Å². The summed E-state index contributed by atoms with van der Waals surface area (Å²) in [5.41, 5.74) is 1.94. The number of para-hydroxylation sites is 1. The monoisotopic (exact) mass is 325 g/mol. The van der Waals surface area contributed by atoms with Crippen LogP contribution in [0.1, 0.15) is 28.5 Å². The van der Waals surface area contributed by atoms with E-state index in [-0.39, 0.29) is 24.3 Å². The van der Waals surface area contributed by atoms with Gasteiger partial charge < -0.3 is 10.0 Å². The van der Waals surface area contributed by atoms with Crippen LogP contribution in [0.5, 0.6) is 0 Å². The second kappa shape index (κ2) is 5.72. The maximum absolute atomic E-state index is 13.2. The van der Waals surface area contributed by atoms with Crippen LogP contribution in [-0.4, -0.2) is 38.8 Å². The van der Waals surface area contributed by atoms with E-state index in [1.807, 2.05) is 24.3 Å². The lowest BCUT2D eigenvalue weighted by atomic mass is 10.0. The third-order valence-electron chi connectivity index (χ3n) is 4.47. The summed E-state index contributed by atoms with van der Waals surface area (Å²) in [5, 5.41) is 17.8. The summed E-state index contributed by atoms with van der Waals surface area (Å²) in [6.45, 7) is 0.238. The van der Waals surface area contributed by atoms with Crippen molar-refractivity contribution >= 4 is 16.8 Å². The molecule has 0 spiro atoms. The lowest BCUT2D eigenvalue weighted by Gasteiger charge is -2.24. The van der Waals surface area contributed by atoms with Gasteiger partial charge in [-0.05, 0) is 30.2 Å². The molecule has 2 N–H and O–H groups in total. The first-order valence-corrected chi connectivity index (χ1v) is 7.81. The number of aromatic amines is 1. The Labute approximate surface area is 137 Å². The van der Waals surface area contributed by atoms with Crippen LogP contribution in [-0.2, 0) is 0 Å². The number of nitrogens with zero attached hydrogens (tertiary/aromatic N) is 2.